The third-order valence-corrected chi connectivity index (χ3v) is 2.44. The van der Waals surface area contributed by atoms with Gasteiger partial charge in [0, 0.05) is 24.9 Å². The maximum atomic E-state index is 7.00. The van der Waals surface area contributed by atoms with Crippen molar-refractivity contribution < 1.29 is 5.11 Å². The van der Waals surface area contributed by atoms with Crippen LogP contribution in [0.5, 0.6) is 0 Å². The molecule has 1 heterocycles. The Hall–Kier alpha value is -0.600. The molecule has 0 saturated heterocycles. The van der Waals surface area contributed by atoms with Crippen molar-refractivity contribution in [2.24, 2.45) is 5.92 Å². The second-order valence-electron chi connectivity index (χ2n) is 3.43. The van der Waals surface area contributed by atoms with Crippen LogP contribution in [0.15, 0.2) is 18.3 Å². The van der Waals surface area contributed by atoms with Crippen molar-refractivity contribution in [3.63, 3.8) is 0 Å². The van der Waals surface area contributed by atoms with Gasteiger partial charge in [-0.25, -0.2) is 0 Å². The number of pyridine rings is 1. The van der Waals surface area contributed by atoms with Gasteiger partial charge in [-0.05, 0) is 18.1 Å². The number of nitrogens with zero attached hydrogens (tertiary/aromatic N) is 1. The lowest BCUT2D eigenvalue weighted by Crippen LogP contribution is -2.03. The van der Waals surface area contributed by atoms with Crippen LogP contribution in [0.3, 0.4) is 0 Å². The number of aliphatic hydroxyl groups is 1. The molecule has 1 unspecified atom stereocenters. The van der Waals surface area contributed by atoms with Crippen LogP contribution >= 0.6 is 11.6 Å². The van der Waals surface area contributed by atoms with Gasteiger partial charge in [0.2, 0.25) is 0 Å². The van der Waals surface area contributed by atoms with E-state index >= 15 is 0 Å². The molecule has 0 saturated carbocycles. The number of hydrogen-bond acceptors (Lipinski definition) is 2. The van der Waals surface area contributed by atoms with Gasteiger partial charge < -0.3 is 5.11 Å². The fraction of sp³-hybridized carbons (Fsp3) is 0.545. The van der Waals surface area contributed by atoms with E-state index in [1.807, 2.05) is 12.1 Å². The molecule has 0 spiro atoms. The third kappa shape index (κ3) is 4.07. The lowest BCUT2D eigenvalue weighted by Gasteiger charge is -2.14. The first-order chi connectivity index (χ1) is 6.61. The highest BCUT2D eigenvalue weighted by molar-refractivity contribution is 6.30. The highest BCUT2D eigenvalue weighted by Gasteiger charge is 2.10. The first kappa shape index (κ1) is 13.4. The molecule has 0 bridgehead atoms. The number of halogens is 1. The van der Waals surface area contributed by atoms with Gasteiger partial charge in [0.1, 0.15) is 0 Å². The van der Waals surface area contributed by atoms with E-state index in [9.17, 15) is 0 Å². The predicted octanol–water partition coefficient (Wildman–Crippen LogP) is 3.10. The summed E-state index contributed by atoms with van der Waals surface area (Å²) in [6, 6.07) is 3.88. The van der Waals surface area contributed by atoms with Crippen LogP contribution < -0.4 is 0 Å². The summed E-state index contributed by atoms with van der Waals surface area (Å²) in [5, 5.41) is 7.70. The number of hydrogen-bond donors (Lipinski definition) is 1. The molecular formula is C11H18ClNO. The van der Waals surface area contributed by atoms with Crippen molar-refractivity contribution in [3.05, 3.63) is 29.0 Å². The molecule has 2 nitrogen and oxygen atoms in total. The second kappa shape index (κ2) is 6.80. The first-order valence-electron chi connectivity index (χ1n) is 4.67. The molecule has 0 aliphatic carbocycles. The topological polar surface area (TPSA) is 33.1 Å². The van der Waals surface area contributed by atoms with Crippen molar-refractivity contribution >= 4 is 11.6 Å². The Bertz CT molecular complexity index is 246. The number of rotatable bonds is 2. The zero-order valence-electron chi connectivity index (χ0n) is 9.16. The van der Waals surface area contributed by atoms with E-state index in [0.717, 1.165) is 12.8 Å². The lowest BCUT2D eigenvalue weighted by molar-refractivity contribution is 0.399. The number of aliphatic hydroxyl groups excluding tert-OH is 1. The third-order valence-electron chi connectivity index (χ3n) is 2.22. The molecule has 1 rings (SSSR count). The van der Waals surface area contributed by atoms with Gasteiger partial charge in [-0.2, -0.15) is 0 Å². The fourth-order valence-electron chi connectivity index (χ4n) is 0.998. The predicted molar refractivity (Wildman–Crippen MR) is 60.6 cm³/mol. The Kier molecular flexibility index (Phi) is 6.50. The SMILES string of the molecule is CC(C)C(C)c1ccc(Cl)cn1.CO. The van der Waals surface area contributed by atoms with Crippen molar-refractivity contribution in [1.29, 1.82) is 0 Å². The van der Waals surface area contributed by atoms with Gasteiger partial charge in [-0.1, -0.05) is 32.4 Å². The van der Waals surface area contributed by atoms with Gasteiger partial charge in [0.05, 0.1) is 5.02 Å². The molecule has 0 radical (unpaired) electrons. The Morgan fingerprint density at radius 3 is 2.14 bits per heavy atom. The first-order valence-corrected chi connectivity index (χ1v) is 5.05. The molecular weight excluding hydrogens is 198 g/mol. The zero-order chi connectivity index (χ0) is 11.1. The molecule has 0 amide bonds. The van der Waals surface area contributed by atoms with E-state index in [2.05, 4.69) is 25.8 Å². The van der Waals surface area contributed by atoms with Crippen LogP contribution in [0.1, 0.15) is 32.4 Å². The molecule has 14 heavy (non-hydrogen) atoms. The summed E-state index contributed by atoms with van der Waals surface area (Å²) < 4.78 is 0. The molecule has 1 N–H and O–H groups in total. The minimum absolute atomic E-state index is 0.502. The molecule has 80 valence electrons. The van der Waals surface area contributed by atoms with Crippen molar-refractivity contribution in [2.75, 3.05) is 7.11 Å². The summed E-state index contributed by atoms with van der Waals surface area (Å²) in [6.07, 6.45) is 1.70. The van der Waals surface area contributed by atoms with Crippen LogP contribution in [-0.4, -0.2) is 17.2 Å². The van der Waals surface area contributed by atoms with Gasteiger partial charge in [-0.15, -0.1) is 0 Å². The Morgan fingerprint density at radius 1 is 1.21 bits per heavy atom. The zero-order valence-corrected chi connectivity index (χ0v) is 9.92. The minimum Gasteiger partial charge on any atom is -0.400 e. The van der Waals surface area contributed by atoms with Gasteiger partial charge in [0.25, 0.3) is 0 Å². The molecule has 1 aromatic rings. The summed E-state index contributed by atoms with van der Waals surface area (Å²) in [4.78, 5) is 4.27. The monoisotopic (exact) mass is 215 g/mol. The molecule has 3 heteroatoms. The quantitative estimate of drug-likeness (QED) is 0.823. The Morgan fingerprint density at radius 2 is 1.79 bits per heavy atom. The normalized spacial score (nSPS) is 11.9. The number of aromatic nitrogens is 1. The van der Waals surface area contributed by atoms with E-state index < -0.39 is 0 Å². The van der Waals surface area contributed by atoms with Crippen molar-refractivity contribution in [1.82, 2.24) is 4.98 Å². The van der Waals surface area contributed by atoms with E-state index in [0.29, 0.717) is 16.9 Å². The second-order valence-corrected chi connectivity index (χ2v) is 3.87. The van der Waals surface area contributed by atoms with Crippen LogP contribution in [0.4, 0.5) is 0 Å². The summed E-state index contributed by atoms with van der Waals surface area (Å²) in [7, 11) is 1.00. The molecule has 1 atom stereocenters. The smallest absolute Gasteiger partial charge is 0.0589 e. The van der Waals surface area contributed by atoms with Gasteiger partial charge in [0.15, 0.2) is 0 Å². The molecule has 0 fully saturated rings. The molecule has 0 aliphatic heterocycles. The van der Waals surface area contributed by atoms with Gasteiger partial charge >= 0.3 is 0 Å². The van der Waals surface area contributed by atoms with E-state index in [1.54, 1.807) is 6.20 Å². The van der Waals surface area contributed by atoms with Crippen LogP contribution in [0, 0.1) is 5.92 Å². The van der Waals surface area contributed by atoms with E-state index in [4.69, 9.17) is 16.7 Å². The standard InChI is InChI=1S/C10H14ClN.CH4O/c1-7(2)8(3)10-5-4-9(11)6-12-10;1-2/h4-8H,1-3H3;2H,1H3. The summed E-state index contributed by atoms with van der Waals surface area (Å²) in [5.41, 5.74) is 1.12. The summed E-state index contributed by atoms with van der Waals surface area (Å²) in [5.74, 6) is 1.13. The van der Waals surface area contributed by atoms with E-state index in [-0.39, 0.29) is 0 Å². The maximum Gasteiger partial charge on any atom is 0.0589 e. The van der Waals surface area contributed by atoms with Crippen LogP contribution in [0.2, 0.25) is 5.02 Å². The van der Waals surface area contributed by atoms with Crippen molar-refractivity contribution in [3.8, 4) is 0 Å². The molecule has 1 aromatic heterocycles. The van der Waals surface area contributed by atoms with Crippen molar-refractivity contribution in [2.45, 2.75) is 26.7 Å². The average molecular weight is 216 g/mol. The minimum atomic E-state index is 0.502. The maximum absolute atomic E-state index is 7.00. The molecule has 0 aliphatic rings. The van der Waals surface area contributed by atoms with Crippen LogP contribution in [0.25, 0.3) is 0 Å². The largest absolute Gasteiger partial charge is 0.400 e. The summed E-state index contributed by atoms with van der Waals surface area (Å²) >= 11 is 5.73. The molecule has 0 aromatic carbocycles. The highest BCUT2D eigenvalue weighted by Crippen LogP contribution is 2.22. The van der Waals surface area contributed by atoms with Gasteiger partial charge in [-0.3, -0.25) is 4.98 Å². The Labute approximate surface area is 90.9 Å². The van der Waals surface area contributed by atoms with Crippen LogP contribution in [-0.2, 0) is 0 Å². The van der Waals surface area contributed by atoms with E-state index in [1.165, 1.54) is 0 Å². The highest BCUT2D eigenvalue weighted by atomic mass is 35.5. The average Bonchev–Trinajstić information content (AvgIpc) is 2.21. The Balaban J connectivity index is 0.000000791. The lowest BCUT2D eigenvalue weighted by atomic mass is 9.94. The fourth-order valence-corrected chi connectivity index (χ4v) is 1.11. The summed E-state index contributed by atoms with van der Waals surface area (Å²) in [6.45, 7) is 6.57.